The molecule has 2 atom stereocenters. The lowest BCUT2D eigenvalue weighted by Crippen LogP contribution is -2.44. The molecule has 1 rings (SSSR count). The minimum absolute atomic E-state index is 0.0679. The van der Waals surface area contributed by atoms with Crippen molar-refractivity contribution >= 4 is 5.91 Å². The Kier molecular flexibility index (Phi) is 4.90. The minimum Gasteiger partial charge on any atom is -0.376 e. The molecule has 0 radical (unpaired) electrons. The summed E-state index contributed by atoms with van der Waals surface area (Å²) in [7, 11) is 0. The van der Waals surface area contributed by atoms with Crippen LogP contribution in [0.4, 0.5) is 0 Å². The van der Waals surface area contributed by atoms with Gasteiger partial charge in [-0.15, -0.1) is 0 Å². The largest absolute Gasteiger partial charge is 0.376 e. The summed E-state index contributed by atoms with van der Waals surface area (Å²) in [5.41, 5.74) is 5.58. The zero-order valence-electron chi connectivity index (χ0n) is 8.79. The van der Waals surface area contributed by atoms with E-state index in [2.05, 4.69) is 5.32 Å². The fourth-order valence-electron chi connectivity index (χ4n) is 1.50. The SMILES string of the molecule is CC[C@@H](N)C(=O)NCC1CCCCO1. The summed E-state index contributed by atoms with van der Waals surface area (Å²) >= 11 is 0. The van der Waals surface area contributed by atoms with Gasteiger partial charge in [0.05, 0.1) is 12.1 Å². The molecule has 1 saturated heterocycles. The molecule has 1 aliphatic rings. The van der Waals surface area contributed by atoms with Crippen molar-refractivity contribution < 1.29 is 9.53 Å². The van der Waals surface area contributed by atoms with Crippen LogP contribution in [-0.2, 0) is 9.53 Å². The van der Waals surface area contributed by atoms with Crippen molar-refractivity contribution in [2.24, 2.45) is 5.73 Å². The maximum absolute atomic E-state index is 11.3. The molecule has 0 aromatic carbocycles. The van der Waals surface area contributed by atoms with Crippen LogP contribution in [0.3, 0.4) is 0 Å². The zero-order chi connectivity index (χ0) is 10.4. The number of amides is 1. The van der Waals surface area contributed by atoms with Gasteiger partial charge in [-0.3, -0.25) is 4.79 Å². The highest BCUT2D eigenvalue weighted by Crippen LogP contribution is 2.11. The molecule has 14 heavy (non-hydrogen) atoms. The van der Waals surface area contributed by atoms with Gasteiger partial charge in [-0.2, -0.15) is 0 Å². The molecule has 1 unspecified atom stereocenters. The van der Waals surface area contributed by atoms with E-state index in [4.69, 9.17) is 10.5 Å². The van der Waals surface area contributed by atoms with Gasteiger partial charge in [-0.25, -0.2) is 0 Å². The molecule has 3 N–H and O–H groups in total. The number of nitrogens with two attached hydrogens (primary N) is 1. The van der Waals surface area contributed by atoms with E-state index in [1.807, 2.05) is 6.92 Å². The third kappa shape index (κ3) is 3.64. The van der Waals surface area contributed by atoms with E-state index in [1.165, 1.54) is 6.42 Å². The van der Waals surface area contributed by atoms with Crippen LogP contribution in [0, 0.1) is 0 Å². The molecule has 1 amide bonds. The Bertz CT molecular complexity index is 179. The first-order valence-electron chi connectivity index (χ1n) is 5.39. The third-order valence-electron chi connectivity index (χ3n) is 2.55. The summed E-state index contributed by atoms with van der Waals surface area (Å²) in [6.07, 6.45) is 4.25. The van der Waals surface area contributed by atoms with Gasteiger partial charge in [0.2, 0.25) is 5.91 Å². The van der Waals surface area contributed by atoms with Gasteiger partial charge in [0.15, 0.2) is 0 Å². The van der Waals surface area contributed by atoms with Gasteiger partial charge in [-0.05, 0) is 25.7 Å². The highest BCUT2D eigenvalue weighted by Gasteiger charge is 2.16. The summed E-state index contributed by atoms with van der Waals surface area (Å²) in [6, 6.07) is -0.376. The smallest absolute Gasteiger partial charge is 0.236 e. The first-order valence-corrected chi connectivity index (χ1v) is 5.39. The summed E-state index contributed by atoms with van der Waals surface area (Å²) in [6.45, 7) is 3.33. The van der Waals surface area contributed by atoms with Crippen LogP contribution < -0.4 is 11.1 Å². The molecule has 82 valence electrons. The van der Waals surface area contributed by atoms with Crippen molar-refractivity contribution in [3.8, 4) is 0 Å². The Hall–Kier alpha value is -0.610. The third-order valence-corrected chi connectivity index (χ3v) is 2.55. The van der Waals surface area contributed by atoms with Gasteiger partial charge in [-0.1, -0.05) is 6.92 Å². The number of ether oxygens (including phenoxy) is 1. The van der Waals surface area contributed by atoms with Crippen LogP contribution in [0.1, 0.15) is 32.6 Å². The molecule has 0 aromatic heterocycles. The Morgan fingerprint density at radius 2 is 2.43 bits per heavy atom. The van der Waals surface area contributed by atoms with E-state index in [-0.39, 0.29) is 18.1 Å². The predicted octanol–water partition coefficient (Wildman–Crippen LogP) is 0.409. The van der Waals surface area contributed by atoms with Gasteiger partial charge in [0.25, 0.3) is 0 Å². The topological polar surface area (TPSA) is 64.4 Å². The molecule has 1 fully saturated rings. The fraction of sp³-hybridized carbons (Fsp3) is 0.900. The molecule has 1 aliphatic heterocycles. The molecular weight excluding hydrogens is 180 g/mol. The van der Waals surface area contributed by atoms with Crippen molar-refractivity contribution in [1.82, 2.24) is 5.32 Å². The monoisotopic (exact) mass is 200 g/mol. The Labute approximate surface area is 85.2 Å². The fourth-order valence-corrected chi connectivity index (χ4v) is 1.50. The van der Waals surface area contributed by atoms with Crippen molar-refractivity contribution in [3.63, 3.8) is 0 Å². The average molecular weight is 200 g/mol. The quantitative estimate of drug-likeness (QED) is 0.691. The molecule has 0 spiro atoms. The Morgan fingerprint density at radius 3 is 3.00 bits per heavy atom. The lowest BCUT2D eigenvalue weighted by molar-refractivity contribution is -0.123. The van der Waals surface area contributed by atoms with Crippen molar-refractivity contribution in [2.75, 3.05) is 13.2 Å². The molecule has 0 aromatic rings. The zero-order valence-corrected chi connectivity index (χ0v) is 8.79. The number of hydrogen-bond donors (Lipinski definition) is 2. The van der Waals surface area contributed by atoms with Crippen LogP contribution in [0.25, 0.3) is 0 Å². The number of nitrogens with one attached hydrogen (secondary N) is 1. The molecule has 4 nitrogen and oxygen atoms in total. The average Bonchev–Trinajstić information content (AvgIpc) is 2.26. The van der Waals surface area contributed by atoms with Crippen LogP contribution in [0.5, 0.6) is 0 Å². The number of hydrogen-bond acceptors (Lipinski definition) is 3. The number of carbonyl (C=O) groups is 1. The normalized spacial score (nSPS) is 24.3. The highest BCUT2D eigenvalue weighted by atomic mass is 16.5. The van der Waals surface area contributed by atoms with E-state index in [0.717, 1.165) is 19.4 Å². The molecule has 0 saturated carbocycles. The number of carbonyl (C=O) groups excluding carboxylic acids is 1. The second kappa shape index (κ2) is 5.98. The van der Waals surface area contributed by atoms with Crippen LogP contribution in [0.15, 0.2) is 0 Å². The second-order valence-electron chi connectivity index (χ2n) is 3.75. The maximum Gasteiger partial charge on any atom is 0.236 e. The van der Waals surface area contributed by atoms with Gasteiger partial charge in [0.1, 0.15) is 0 Å². The Balaban J connectivity index is 2.15. The molecule has 1 heterocycles. The van der Waals surface area contributed by atoms with E-state index in [9.17, 15) is 4.79 Å². The van der Waals surface area contributed by atoms with Crippen LogP contribution in [-0.4, -0.2) is 31.2 Å². The first kappa shape index (κ1) is 11.5. The lowest BCUT2D eigenvalue weighted by Gasteiger charge is -2.23. The van der Waals surface area contributed by atoms with Crippen LogP contribution >= 0.6 is 0 Å². The van der Waals surface area contributed by atoms with Gasteiger partial charge in [0, 0.05) is 13.2 Å². The second-order valence-corrected chi connectivity index (χ2v) is 3.75. The minimum atomic E-state index is -0.376. The van der Waals surface area contributed by atoms with E-state index in [0.29, 0.717) is 13.0 Å². The Morgan fingerprint density at radius 1 is 1.64 bits per heavy atom. The summed E-state index contributed by atoms with van der Waals surface area (Å²) in [5.74, 6) is -0.0679. The molecule has 0 aliphatic carbocycles. The van der Waals surface area contributed by atoms with Gasteiger partial charge >= 0.3 is 0 Å². The molecular formula is C10H20N2O2. The van der Waals surface area contributed by atoms with E-state index < -0.39 is 0 Å². The summed E-state index contributed by atoms with van der Waals surface area (Å²) in [5, 5.41) is 2.81. The highest BCUT2D eigenvalue weighted by molar-refractivity contribution is 5.81. The number of rotatable bonds is 4. The van der Waals surface area contributed by atoms with Crippen LogP contribution in [0.2, 0.25) is 0 Å². The predicted molar refractivity (Wildman–Crippen MR) is 54.9 cm³/mol. The summed E-state index contributed by atoms with van der Waals surface area (Å²) < 4.78 is 5.49. The van der Waals surface area contributed by atoms with E-state index >= 15 is 0 Å². The standard InChI is InChI=1S/C10H20N2O2/c1-2-9(11)10(13)12-7-8-5-3-4-6-14-8/h8-9H,2-7,11H2,1H3,(H,12,13)/t8?,9-/m1/s1. The van der Waals surface area contributed by atoms with Crippen molar-refractivity contribution in [3.05, 3.63) is 0 Å². The van der Waals surface area contributed by atoms with Gasteiger partial charge < -0.3 is 15.8 Å². The lowest BCUT2D eigenvalue weighted by atomic mass is 10.1. The molecule has 0 bridgehead atoms. The van der Waals surface area contributed by atoms with E-state index in [1.54, 1.807) is 0 Å². The maximum atomic E-state index is 11.3. The molecule has 4 heteroatoms. The van der Waals surface area contributed by atoms with Crippen molar-refractivity contribution in [1.29, 1.82) is 0 Å². The first-order chi connectivity index (χ1) is 6.74. The summed E-state index contributed by atoms with van der Waals surface area (Å²) in [4.78, 5) is 11.3. The van der Waals surface area contributed by atoms with Crippen molar-refractivity contribution in [2.45, 2.75) is 44.8 Å².